The Balaban J connectivity index is 1.63. The number of fused-ring (bicyclic) bond motifs is 3. The number of carbonyl (C=O) groups excluding carboxylic acids is 2. The van der Waals surface area contributed by atoms with E-state index in [0.717, 1.165) is 27.3 Å². The molecule has 0 saturated carbocycles. The van der Waals surface area contributed by atoms with Crippen LogP contribution in [0.2, 0.25) is 0 Å². The highest BCUT2D eigenvalue weighted by Crippen LogP contribution is 2.32. The van der Waals surface area contributed by atoms with Gasteiger partial charge in [-0.2, -0.15) is 0 Å². The second-order valence-electron chi connectivity index (χ2n) is 6.49. The van der Waals surface area contributed by atoms with Gasteiger partial charge in [0.15, 0.2) is 17.3 Å². The number of Topliss-reactive ketones (excluding diaryl/α,β-unsaturated/α-hetero) is 1. The van der Waals surface area contributed by atoms with Crippen LogP contribution in [0.1, 0.15) is 22.8 Å². The predicted octanol–water partition coefficient (Wildman–Crippen LogP) is 4.95. The van der Waals surface area contributed by atoms with Gasteiger partial charge >= 0.3 is 5.97 Å². The van der Waals surface area contributed by atoms with E-state index in [4.69, 9.17) is 13.9 Å². The molecule has 1 heterocycles. The molecule has 3 aromatic carbocycles. The molecule has 4 rings (SSSR count). The number of carbonyl (C=O) groups is 2. The lowest BCUT2D eigenvalue weighted by atomic mass is 10.0. The van der Waals surface area contributed by atoms with Gasteiger partial charge in [-0.15, -0.1) is 0 Å². The van der Waals surface area contributed by atoms with E-state index in [-0.39, 0.29) is 18.0 Å². The quantitative estimate of drug-likeness (QED) is 0.281. The number of hydrogen-bond donors (Lipinski definition) is 0. The highest BCUT2D eigenvalue weighted by atomic mass is 16.6. The van der Waals surface area contributed by atoms with E-state index in [2.05, 4.69) is 0 Å². The summed E-state index contributed by atoms with van der Waals surface area (Å²) < 4.78 is 16.4. The molecule has 28 heavy (non-hydrogen) atoms. The number of furan rings is 1. The number of ether oxygens (including phenoxy) is 2. The molecule has 0 bridgehead atoms. The summed E-state index contributed by atoms with van der Waals surface area (Å²) in [5.74, 6) is 0.0798. The zero-order valence-corrected chi connectivity index (χ0v) is 15.5. The molecule has 5 heteroatoms. The molecule has 0 aliphatic heterocycles. The summed E-state index contributed by atoms with van der Waals surface area (Å²) in [6.07, 6.45) is 1.65. The van der Waals surface area contributed by atoms with Crippen LogP contribution < -0.4 is 9.47 Å². The molecule has 5 nitrogen and oxygen atoms in total. The zero-order valence-electron chi connectivity index (χ0n) is 15.5. The Morgan fingerprint density at radius 2 is 1.82 bits per heavy atom. The summed E-state index contributed by atoms with van der Waals surface area (Å²) in [6, 6.07) is 16.6. The van der Waals surface area contributed by atoms with E-state index in [1.165, 1.54) is 14.0 Å². The highest BCUT2D eigenvalue weighted by molar-refractivity contribution is 6.08. The van der Waals surface area contributed by atoms with Crippen LogP contribution in [0.15, 0.2) is 65.3 Å². The molecule has 0 unspecified atom stereocenters. The normalized spacial score (nSPS) is 10.9. The van der Waals surface area contributed by atoms with Crippen molar-refractivity contribution in [1.82, 2.24) is 0 Å². The Kier molecular flexibility index (Phi) is 4.57. The first kappa shape index (κ1) is 17.8. The van der Waals surface area contributed by atoms with Crippen molar-refractivity contribution in [3.63, 3.8) is 0 Å². The lowest BCUT2D eigenvalue weighted by Crippen LogP contribution is -2.12. The van der Waals surface area contributed by atoms with E-state index in [1.54, 1.807) is 24.5 Å². The summed E-state index contributed by atoms with van der Waals surface area (Å²) in [6.45, 7) is 1.47. The summed E-state index contributed by atoms with van der Waals surface area (Å²) in [7, 11) is 1.46. The van der Waals surface area contributed by atoms with Gasteiger partial charge in [-0.3, -0.25) is 9.59 Å². The first-order valence-corrected chi connectivity index (χ1v) is 8.84. The van der Waals surface area contributed by atoms with Crippen LogP contribution in [-0.4, -0.2) is 18.9 Å². The Morgan fingerprint density at radius 3 is 2.61 bits per heavy atom. The van der Waals surface area contributed by atoms with Gasteiger partial charge in [0.1, 0.15) is 5.58 Å². The molecule has 0 aliphatic carbocycles. The molecule has 140 valence electrons. The first-order valence-electron chi connectivity index (χ1n) is 8.84. The van der Waals surface area contributed by atoms with E-state index >= 15 is 0 Å². The van der Waals surface area contributed by atoms with Gasteiger partial charge in [-0.05, 0) is 42.0 Å². The molecule has 1 aromatic heterocycles. The van der Waals surface area contributed by atoms with Crippen molar-refractivity contribution < 1.29 is 23.5 Å². The van der Waals surface area contributed by atoms with E-state index in [1.807, 2.05) is 36.4 Å². The van der Waals surface area contributed by atoms with Gasteiger partial charge in [-0.25, -0.2) is 0 Å². The Labute approximate surface area is 161 Å². The smallest absolute Gasteiger partial charge is 0.315 e. The maximum atomic E-state index is 12.6. The summed E-state index contributed by atoms with van der Waals surface area (Å²) in [5.41, 5.74) is 1.98. The molecular weight excluding hydrogens is 356 g/mol. The lowest BCUT2D eigenvalue weighted by molar-refractivity contribution is -0.133. The highest BCUT2D eigenvalue weighted by Gasteiger charge is 2.17. The third kappa shape index (κ3) is 3.22. The van der Waals surface area contributed by atoms with Gasteiger partial charge < -0.3 is 13.9 Å². The summed E-state index contributed by atoms with van der Waals surface area (Å²) in [5, 5.41) is 3.02. The number of benzene rings is 3. The molecule has 0 fully saturated rings. The van der Waals surface area contributed by atoms with Crippen molar-refractivity contribution >= 4 is 33.5 Å². The number of esters is 1. The Bertz CT molecular complexity index is 1200. The molecule has 0 spiro atoms. The van der Waals surface area contributed by atoms with E-state index < -0.39 is 5.97 Å². The lowest BCUT2D eigenvalue weighted by Gasteiger charge is -2.10. The molecule has 0 atom stereocenters. The number of hydrogen-bond acceptors (Lipinski definition) is 5. The molecule has 0 amide bonds. The molecular formula is C23H18O5. The molecule has 4 aromatic rings. The second kappa shape index (κ2) is 7.19. The van der Waals surface area contributed by atoms with Crippen molar-refractivity contribution in [1.29, 1.82) is 0 Å². The zero-order chi connectivity index (χ0) is 19.7. The van der Waals surface area contributed by atoms with Gasteiger partial charge in [0, 0.05) is 16.5 Å². The third-order valence-corrected chi connectivity index (χ3v) is 4.67. The van der Waals surface area contributed by atoms with Gasteiger partial charge in [0.2, 0.25) is 0 Å². The Hall–Kier alpha value is -3.60. The van der Waals surface area contributed by atoms with Crippen LogP contribution >= 0.6 is 0 Å². The minimum absolute atomic E-state index is 0.0542. The predicted molar refractivity (Wildman–Crippen MR) is 106 cm³/mol. The average Bonchev–Trinajstić information content (AvgIpc) is 3.11. The standard InChI is InChI=1S/C23H18O5/c1-14(24)16-8-9-19(21(11-16)26-2)28-22(25)12-17-13-27-20-10-7-15-5-3-4-6-18(15)23(17)20/h3-11,13H,12H2,1-2H3. The van der Waals surface area contributed by atoms with Crippen LogP contribution in [-0.2, 0) is 11.2 Å². The average molecular weight is 374 g/mol. The largest absolute Gasteiger partial charge is 0.493 e. The van der Waals surface area contributed by atoms with Gasteiger partial charge in [0.25, 0.3) is 0 Å². The number of rotatable bonds is 5. The van der Waals surface area contributed by atoms with Crippen molar-refractivity contribution in [2.24, 2.45) is 0 Å². The van der Waals surface area contributed by atoms with Crippen molar-refractivity contribution in [2.75, 3.05) is 7.11 Å². The minimum atomic E-state index is -0.440. The maximum Gasteiger partial charge on any atom is 0.315 e. The van der Waals surface area contributed by atoms with E-state index in [9.17, 15) is 9.59 Å². The number of ketones is 1. The topological polar surface area (TPSA) is 65.7 Å². The van der Waals surface area contributed by atoms with Gasteiger partial charge in [0.05, 0.1) is 19.8 Å². The summed E-state index contributed by atoms with van der Waals surface area (Å²) >= 11 is 0. The second-order valence-corrected chi connectivity index (χ2v) is 6.49. The van der Waals surface area contributed by atoms with Crippen LogP contribution in [0, 0.1) is 0 Å². The third-order valence-electron chi connectivity index (χ3n) is 4.67. The molecule has 0 aliphatic rings. The fourth-order valence-corrected chi connectivity index (χ4v) is 3.29. The fourth-order valence-electron chi connectivity index (χ4n) is 3.29. The molecule has 0 N–H and O–H groups in total. The maximum absolute atomic E-state index is 12.6. The van der Waals surface area contributed by atoms with Crippen LogP contribution in [0.3, 0.4) is 0 Å². The van der Waals surface area contributed by atoms with Crippen LogP contribution in [0.5, 0.6) is 11.5 Å². The van der Waals surface area contributed by atoms with Crippen molar-refractivity contribution in [3.05, 3.63) is 72.0 Å². The summed E-state index contributed by atoms with van der Waals surface area (Å²) in [4.78, 5) is 24.1. The van der Waals surface area contributed by atoms with E-state index in [0.29, 0.717) is 11.3 Å². The van der Waals surface area contributed by atoms with Gasteiger partial charge in [-0.1, -0.05) is 30.3 Å². The number of methoxy groups -OCH3 is 1. The molecule has 0 radical (unpaired) electrons. The van der Waals surface area contributed by atoms with Crippen LogP contribution in [0.4, 0.5) is 0 Å². The van der Waals surface area contributed by atoms with Crippen molar-refractivity contribution in [3.8, 4) is 11.5 Å². The fraction of sp³-hybridized carbons (Fsp3) is 0.130. The SMILES string of the molecule is COc1cc(C(C)=O)ccc1OC(=O)Cc1coc2ccc3ccccc3c12. The minimum Gasteiger partial charge on any atom is -0.493 e. The monoisotopic (exact) mass is 374 g/mol. The van der Waals surface area contributed by atoms with Crippen molar-refractivity contribution in [2.45, 2.75) is 13.3 Å². The first-order chi connectivity index (χ1) is 13.6. The van der Waals surface area contributed by atoms with Crippen LogP contribution in [0.25, 0.3) is 21.7 Å². The molecule has 0 saturated heterocycles. The Morgan fingerprint density at radius 1 is 1.00 bits per heavy atom.